The summed E-state index contributed by atoms with van der Waals surface area (Å²) in [6.07, 6.45) is 0.850. The van der Waals surface area contributed by atoms with Crippen LogP contribution in [0.1, 0.15) is 45.7 Å². The predicted octanol–water partition coefficient (Wildman–Crippen LogP) is 2.51. The van der Waals surface area contributed by atoms with E-state index < -0.39 is 12.1 Å². The molecule has 4 nitrogen and oxygen atoms in total. The molecule has 0 aromatic heterocycles. The van der Waals surface area contributed by atoms with Gasteiger partial charge in [-0.2, -0.15) is 0 Å². The maximum Gasteiger partial charge on any atom is 0.250 e. The van der Waals surface area contributed by atoms with Gasteiger partial charge < -0.3 is 10.2 Å². The Labute approximate surface area is 126 Å². The summed E-state index contributed by atoms with van der Waals surface area (Å²) < 4.78 is 0. The fourth-order valence-electron chi connectivity index (χ4n) is 3.10. The van der Waals surface area contributed by atoms with Gasteiger partial charge in [0.15, 0.2) is 0 Å². The number of piperazine rings is 1. The summed E-state index contributed by atoms with van der Waals surface area (Å²) in [7, 11) is 0. The normalized spacial score (nSPS) is 24.1. The molecule has 114 valence electrons. The van der Waals surface area contributed by atoms with E-state index in [1.165, 1.54) is 0 Å². The highest BCUT2D eigenvalue weighted by Crippen LogP contribution is 2.27. The Morgan fingerprint density at radius 3 is 2.33 bits per heavy atom. The molecule has 1 aromatic carbocycles. The molecule has 1 saturated heterocycles. The Balaban J connectivity index is 2.36. The van der Waals surface area contributed by atoms with Gasteiger partial charge in [0, 0.05) is 6.04 Å². The summed E-state index contributed by atoms with van der Waals surface area (Å²) in [4.78, 5) is 26.9. The lowest BCUT2D eigenvalue weighted by atomic mass is 9.93. The number of rotatable bonds is 4. The maximum atomic E-state index is 12.9. The molecule has 1 fully saturated rings. The van der Waals surface area contributed by atoms with Gasteiger partial charge in [-0.05, 0) is 24.8 Å². The van der Waals surface area contributed by atoms with Gasteiger partial charge in [-0.3, -0.25) is 9.59 Å². The highest BCUT2D eigenvalue weighted by molar-refractivity contribution is 5.97. The fraction of sp³-hybridized carbons (Fsp3) is 0.529. The first-order chi connectivity index (χ1) is 9.97. The smallest absolute Gasteiger partial charge is 0.250 e. The first-order valence-electron chi connectivity index (χ1n) is 7.64. The van der Waals surface area contributed by atoms with Crippen LogP contribution >= 0.6 is 0 Å². The minimum Gasteiger partial charge on any atom is -0.339 e. The van der Waals surface area contributed by atoms with Crippen molar-refractivity contribution in [2.45, 2.75) is 52.2 Å². The van der Waals surface area contributed by atoms with Crippen LogP contribution in [-0.4, -0.2) is 28.8 Å². The molecule has 1 heterocycles. The molecule has 4 heteroatoms. The highest BCUT2D eigenvalue weighted by Gasteiger charge is 2.42. The minimum atomic E-state index is -0.567. The number of amides is 2. The van der Waals surface area contributed by atoms with Crippen molar-refractivity contribution in [1.29, 1.82) is 0 Å². The number of carbonyl (C=O) groups excluding carboxylic acids is 2. The van der Waals surface area contributed by atoms with Gasteiger partial charge in [-0.1, -0.05) is 51.1 Å². The van der Waals surface area contributed by atoms with E-state index in [9.17, 15) is 9.59 Å². The first-order valence-corrected chi connectivity index (χ1v) is 7.64. The molecule has 1 aliphatic rings. The maximum absolute atomic E-state index is 12.9. The fourth-order valence-corrected chi connectivity index (χ4v) is 3.10. The van der Waals surface area contributed by atoms with E-state index in [-0.39, 0.29) is 17.9 Å². The lowest BCUT2D eigenvalue weighted by Crippen LogP contribution is -2.62. The zero-order valence-corrected chi connectivity index (χ0v) is 13.2. The van der Waals surface area contributed by atoms with Crippen LogP contribution in [0.2, 0.25) is 0 Å². The predicted molar refractivity (Wildman–Crippen MR) is 82.6 cm³/mol. The number of nitrogens with zero attached hydrogens (tertiary/aromatic N) is 1. The molecule has 1 aromatic rings. The van der Waals surface area contributed by atoms with Crippen molar-refractivity contribution < 1.29 is 9.59 Å². The van der Waals surface area contributed by atoms with Crippen LogP contribution < -0.4 is 5.32 Å². The van der Waals surface area contributed by atoms with Crippen LogP contribution in [0.5, 0.6) is 0 Å². The Hall–Kier alpha value is -1.84. The Morgan fingerprint density at radius 2 is 1.81 bits per heavy atom. The van der Waals surface area contributed by atoms with Crippen molar-refractivity contribution in [2.24, 2.45) is 5.92 Å². The topological polar surface area (TPSA) is 49.4 Å². The van der Waals surface area contributed by atoms with Gasteiger partial charge in [-0.25, -0.2) is 0 Å². The summed E-state index contributed by atoms with van der Waals surface area (Å²) in [5.74, 6) is 0.236. The average Bonchev–Trinajstić information content (AvgIpc) is 2.47. The number of benzene rings is 1. The van der Waals surface area contributed by atoms with Crippen LogP contribution in [-0.2, 0) is 9.59 Å². The Morgan fingerprint density at radius 1 is 1.19 bits per heavy atom. The SMILES string of the molecule is CCC(C(C)C)N1C(=O)C(c2ccccc2)NC(=O)C1C. The third-order valence-corrected chi connectivity index (χ3v) is 4.26. The van der Waals surface area contributed by atoms with Crippen molar-refractivity contribution in [3.63, 3.8) is 0 Å². The second kappa shape index (κ2) is 6.29. The summed E-state index contributed by atoms with van der Waals surface area (Å²) in [5.41, 5.74) is 0.839. The van der Waals surface area contributed by atoms with Crippen molar-refractivity contribution in [2.75, 3.05) is 0 Å². The van der Waals surface area contributed by atoms with Crippen molar-refractivity contribution in [1.82, 2.24) is 10.2 Å². The summed E-state index contributed by atoms with van der Waals surface area (Å²) in [6, 6.07) is 8.55. The van der Waals surface area contributed by atoms with Crippen LogP contribution in [0, 0.1) is 5.92 Å². The zero-order valence-electron chi connectivity index (χ0n) is 13.2. The molecule has 3 unspecified atom stereocenters. The largest absolute Gasteiger partial charge is 0.339 e. The van der Waals surface area contributed by atoms with E-state index >= 15 is 0 Å². The van der Waals surface area contributed by atoms with Crippen molar-refractivity contribution in [3.05, 3.63) is 35.9 Å². The summed E-state index contributed by atoms with van der Waals surface area (Å²) in [5, 5.41) is 2.85. The van der Waals surface area contributed by atoms with Gasteiger partial charge in [0.2, 0.25) is 5.91 Å². The molecule has 2 rings (SSSR count). The monoisotopic (exact) mass is 288 g/mol. The molecule has 21 heavy (non-hydrogen) atoms. The van der Waals surface area contributed by atoms with E-state index in [1.54, 1.807) is 11.8 Å². The third kappa shape index (κ3) is 2.94. The number of hydrogen-bond donors (Lipinski definition) is 1. The second-order valence-corrected chi connectivity index (χ2v) is 5.99. The Kier molecular flexibility index (Phi) is 4.66. The lowest BCUT2D eigenvalue weighted by Gasteiger charge is -2.43. The molecule has 0 aliphatic carbocycles. The number of hydrogen-bond acceptors (Lipinski definition) is 2. The third-order valence-electron chi connectivity index (χ3n) is 4.26. The van der Waals surface area contributed by atoms with Crippen molar-refractivity contribution in [3.8, 4) is 0 Å². The number of nitrogens with one attached hydrogen (secondary N) is 1. The van der Waals surface area contributed by atoms with Gasteiger partial charge in [0.25, 0.3) is 5.91 Å². The average molecular weight is 288 g/mol. The van der Waals surface area contributed by atoms with Crippen molar-refractivity contribution >= 4 is 11.8 Å². The van der Waals surface area contributed by atoms with Gasteiger partial charge in [-0.15, -0.1) is 0 Å². The van der Waals surface area contributed by atoms with E-state index in [0.29, 0.717) is 5.92 Å². The molecular formula is C17H24N2O2. The van der Waals surface area contributed by atoms with Crippen LogP contribution in [0.25, 0.3) is 0 Å². The minimum absolute atomic E-state index is 0.00569. The molecule has 0 radical (unpaired) electrons. The molecule has 0 saturated carbocycles. The summed E-state index contributed by atoms with van der Waals surface area (Å²) >= 11 is 0. The highest BCUT2D eigenvalue weighted by atomic mass is 16.2. The molecule has 0 bridgehead atoms. The van der Waals surface area contributed by atoms with Crippen LogP contribution in [0.15, 0.2) is 30.3 Å². The molecule has 3 atom stereocenters. The first kappa shape index (κ1) is 15.5. The van der Waals surface area contributed by atoms with E-state index in [0.717, 1.165) is 12.0 Å². The lowest BCUT2D eigenvalue weighted by molar-refractivity contribution is -0.152. The quantitative estimate of drug-likeness (QED) is 0.925. The van der Waals surface area contributed by atoms with Gasteiger partial charge >= 0.3 is 0 Å². The molecule has 2 amide bonds. The van der Waals surface area contributed by atoms with E-state index in [2.05, 4.69) is 26.1 Å². The van der Waals surface area contributed by atoms with Gasteiger partial charge in [0.05, 0.1) is 0 Å². The standard InChI is InChI=1S/C17H24N2O2/c1-5-14(11(2)3)19-12(4)16(20)18-15(17(19)21)13-9-7-6-8-10-13/h6-12,14-15H,5H2,1-4H3,(H,18,20). The Bertz CT molecular complexity index is 513. The zero-order chi connectivity index (χ0) is 15.6. The molecule has 1 aliphatic heterocycles. The molecule has 0 spiro atoms. The van der Waals surface area contributed by atoms with Crippen LogP contribution in [0.3, 0.4) is 0 Å². The summed E-state index contributed by atoms with van der Waals surface area (Å²) in [6.45, 7) is 8.06. The van der Waals surface area contributed by atoms with E-state index in [4.69, 9.17) is 0 Å². The van der Waals surface area contributed by atoms with E-state index in [1.807, 2.05) is 30.3 Å². The van der Waals surface area contributed by atoms with Gasteiger partial charge in [0.1, 0.15) is 12.1 Å². The molecule has 1 N–H and O–H groups in total. The molecular weight excluding hydrogens is 264 g/mol. The van der Waals surface area contributed by atoms with Crippen LogP contribution in [0.4, 0.5) is 0 Å². The second-order valence-electron chi connectivity index (χ2n) is 5.99. The number of carbonyl (C=O) groups is 2.